The molecule has 0 saturated heterocycles. The molecule has 2 rings (SSSR count). The molecule has 0 amide bonds. The summed E-state index contributed by atoms with van der Waals surface area (Å²) in [5.74, 6) is -1.51. The molecule has 0 aromatic heterocycles. The van der Waals surface area contributed by atoms with E-state index in [9.17, 15) is 18.3 Å². The number of halogens is 3. The first-order chi connectivity index (χ1) is 9.93. The fourth-order valence-corrected chi connectivity index (χ4v) is 3.12. The first kappa shape index (κ1) is 16.1. The Kier molecular flexibility index (Phi) is 5.14. The van der Waals surface area contributed by atoms with Gasteiger partial charge in [-0.15, -0.1) is 0 Å². The lowest BCUT2D eigenvalue weighted by Crippen LogP contribution is -2.36. The quantitative estimate of drug-likeness (QED) is 0.888. The summed E-state index contributed by atoms with van der Waals surface area (Å²) in [4.78, 5) is 0. The molecule has 0 heterocycles. The van der Waals surface area contributed by atoms with Crippen molar-refractivity contribution in [2.75, 3.05) is 6.61 Å². The van der Waals surface area contributed by atoms with Crippen molar-refractivity contribution in [1.82, 2.24) is 0 Å². The average molecular weight is 302 g/mol. The predicted molar refractivity (Wildman–Crippen MR) is 74.1 cm³/mol. The molecule has 3 unspecified atom stereocenters. The predicted octanol–water partition coefficient (Wildman–Crippen LogP) is 4.49. The summed E-state index contributed by atoms with van der Waals surface area (Å²) in [6.07, 6.45) is -3.47. The van der Waals surface area contributed by atoms with Crippen LogP contribution in [-0.4, -0.2) is 17.9 Å². The van der Waals surface area contributed by atoms with Gasteiger partial charge in [0, 0.05) is 5.92 Å². The Bertz CT molecular complexity index is 442. The van der Waals surface area contributed by atoms with Gasteiger partial charge in [-0.1, -0.05) is 25.0 Å². The molecule has 1 aromatic carbocycles. The minimum Gasteiger partial charge on any atom is -0.494 e. The number of hydrogen-bond acceptors (Lipinski definition) is 2. The third kappa shape index (κ3) is 3.90. The van der Waals surface area contributed by atoms with E-state index in [1.807, 2.05) is 6.92 Å². The summed E-state index contributed by atoms with van der Waals surface area (Å²) in [6.45, 7) is 2.39. The van der Waals surface area contributed by atoms with Gasteiger partial charge in [-0.3, -0.25) is 0 Å². The molecule has 21 heavy (non-hydrogen) atoms. The molecule has 1 aliphatic rings. The van der Waals surface area contributed by atoms with Crippen molar-refractivity contribution in [2.45, 2.75) is 44.9 Å². The molecule has 1 aliphatic carbocycles. The number of aliphatic hydroxyl groups is 1. The van der Waals surface area contributed by atoms with Crippen molar-refractivity contribution in [3.63, 3.8) is 0 Å². The number of benzene rings is 1. The molecule has 0 spiro atoms. The Hall–Kier alpha value is -1.23. The van der Waals surface area contributed by atoms with Crippen LogP contribution in [-0.2, 0) is 0 Å². The number of ether oxygens (including phenoxy) is 1. The largest absolute Gasteiger partial charge is 0.494 e. The van der Waals surface area contributed by atoms with E-state index in [0.29, 0.717) is 30.8 Å². The van der Waals surface area contributed by atoms with E-state index in [0.717, 1.165) is 6.42 Å². The van der Waals surface area contributed by atoms with Crippen LogP contribution < -0.4 is 4.74 Å². The molecule has 0 aliphatic heterocycles. The second-order valence-corrected chi connectivity index (χ2v) is 5.54. The normalized spacial score (nSPS) is 24.6. The lowest BCUT2D eigenvalue weighted by Gasteiger charge is -2.36. The van der Waals surface area contributed by atoms with Crippen LogP contribution in [0.4, 0.5) is 13.2 Å². The fraction of sp³-hybridized carbons (Fsp3) is 0.625. The van der Waals surface area contributed by atoms with Crippen LogP contribution >= 0.6 is 0 Å². The van der Waals surface area contributed by atoms with Crippen LogP contribution in [0.5, 0.6) is 5.75 Å². The first-order valence-corrected chi connectivity index (χ1v) is 7.41. The zero-order valence-electron chi connectivity index (χ0n) is 12.1. The summed E-state index contributed by atoms with van der Waals surface area (Å²) in [6, 6.07) is 6.68. The van der Waals surface area contributed by atoms with E-state index in [-0.39, 0.29) is 6.42 Å². The minimum absolute atomic E-state index is 0.113. The highest BCUT2D eigenvalue weighted by Gasteiger charge is 2.47. The van der Waals surface area contributed by atoms with Gasteiger partial charge in [0.15, 0.2) is 0 Å². The summed E-state index contributed by atoms with van der Waals surface area (Å²) in [5.41, 5.74) is 0.527. The Morgan fingerprint density at radius 2 is 1.81 bits per heavy atom. The Morgan fingerprint density at radius 3 is 2.38 bits per heavy atom. The van der Waals surface area contributed by atoms with E-state index in [1.165, 1.54) is 0 Å². The van der Waals surface area contributed by atoms with Crippen molar-refractivity contribution in [3.05, 3.63) is 29.8 Å². The van der Waals surface area contributed by atoms with Gasteiger partial charge in [-0.2, -0.15) is 13.2 Å². The summed E-state index contributed by atoms with van der Waals surface area (Å²) < 4.78 is 44.6. The zero-order chi connectivity index (χ0) is 15.5. The molecule has 1 fully saturated rings. The molecular weight excluding hydrogens is 281 g/mol. The molecular formula is C16H21F3O2. The topological polar surface area (TPSA) is 29.5 Å². The Morgan fingerprint density at radius 1 is 1.19 bits per heavy atom. The standard InChI is InChI=1S/C16H21F3O2/c1-2-21-12-9-7-11(8-10-12)15(20)13-5-3-4-6-14(13)16(17,18)19/h7-10,13-15,20H,2-6H2,1H3. The van der Waals surface area contributed by atoms with Crippen LogP contribution in [0.15, 0.2) is 24.3 Å². The highest BCUT2D eigenvalue weighted by Crippen LogP contribution is 2.46. The van der Waals surface area contributed by atoms with E-state index in [4.69, 9.17) is 4.74 Å². The third-order valence-corrected chi connectivity index (χ3v) is 4.18. The van der Waals surface area contributed by atoms with Crippen molar-refractivity contribution in [3.8, 4) is 5.75 Å². The molecule has 0 radical (unpaired) electrons. The van der Waals surface area contributed by atoms with Gasteiger partial charge in [0.2, 0.25) is 0 Å². The van der Waals surface area contributed by atoms with Gasteiger partial charge in [0.25, 0.3) is 0 Å². The first-order valence-electron chi connectivity index (χ1n) is 7.41. The van der Waals surface area contributed by atoms with Gasteiger partial charge < -0.3 is 9.84 Å². The van der Waals surface area contributed by atoms with Gasteiger partial charge >= 0.3 is 6.18 Å². The highest BCUT2D eigenvalue weighted by atomic mass is 19.4. The minimum atomic E-state index is -4.24. The maximum Gasteiger partial charge on any atom is 0.392 e. The van der Waals surface area contributed by atoms with E-state index in [2.05, 4.69) is 0 Å². The number of rotatable bonds is 4. The highest BCUT2D eigenvalue weighted by molar-refractivity contribution is 5.29. The van der Waals surface area contributed by atoms with E-state index in [1.54, 1.807) is 24.3 Å². The number of hydrogen-bond donors (Lipinski definition) is 1. The monoisotopic (exact) mass is 302 g/mol. The third-order valence-electron chi connectivity index (χ3n) is 4.18. The second-order valence-electron chi connectivity index (χ2n) is 5.54. The van der Waals surface area contributed by atoms with Gasteiger partial charge in [0.1, 0.15) is 5.75 Å². The van der Waals surface area contributed by atoms with Crippen molar-refractivity contribution in [1.29, 1.82) is 0 Å². The molecule has 3 atom stereocenters. The lowest BCUT2D eigenvalue weighted by atomic mass is 9.74. The van der Waals surface area contributed by atoms with Crippen LogP contribution in [0, 0.1) is 11.8 Å². The van der Waals surface area contributed by atoms with E-state index < -0.39 is 24.1 Å². The molecule has 0 bridgehead atoms. The number of alkyl halides is 3. The smallest absolute Gasteiger partial charge is 0.392 e. The van der Waals surface area contributed by atoms with Gasteiger partial charge in [0.05, 0.1) is 18.6 Å². The average Bonchev–Trinajstić information content (AvgIpc) is 2.47. The van der Waals surface area contributed by atoms with Crippen LogP contribution in [0.1, 0.15) is 44.3 Å². The Labute approximate surface area is 122 Å². The van der Waals surface area contributed by atoms with E-state index >= 15 is 0 Å². The number of aliphatic hydroxyl groups excluding tert-OH is 1. The summed E-state index contributed by atoms with van der Waals surface area (Å²) >= 11 is 0. The molecule has 118 valence electrons. The molecule has 1 N–H and O–H groups in total. The zero-order valence-corrected chi connectivity index (χ0v) is 12.1. The molecule has 1 saturated carbocycles. The van der Waals surface area contributed by atoms with Crippen LogP contribution in [0.2, 0.25) is 0 Å². The fourth-order valence-electron chi connectivity index (χ4n) is 3.12. The second kappa shape index (κ2) is 6.69. The van der Waals surface area contributed by atoms with Gasteiger partial charge in [-0.25, -0.2) is 0 Å². The van der Waals surface area contributed by atoms with Crippen molar-refractivity contribution >= 4 is 0 Å². The van der Waals surface area contributed by atoms with Crippen LogP contribution in [0.3, 0.4) is 0 Å². The maximum absolute atomic E-state index is 13.1. The molecule has 2 nitrogen and oxygen atoms in total. The lowest BCUT2D eigenvalue weighted by molar-refractivity contribution is -0.207. The van der Waals surface area contributed by atoms with Gasteiger partial charge in [-0.05, 0) is 37.5 Å². The Balaban J connectivity index is 2.14. The summed E-state index contributed by atoms with van der Waals surface area (Å²) in [7, 11) is 0. The summed E-state index contributed by atoms with van der Waals surface area (Å²) in [5, 5.41) is 10.4. The molecule has 1 aromatic rings. The molecule has 5 heteroatoms. The maximum atomic E-state index is 13.1. The van der Waals surface area contributed by atoms with Crippen molar-refractivity contribution < 1.29 is 23.0 Å². The SMILES string of the molecule is CCOc1ccc(C(O)C2CCCCC2C(F)(F)F)cc1. The van der Waals surface area contributed by atoms with Crippen molar-refractivity contribution in [2.24, 2.45) is 11.8 Å². The van der Waals surface area contributed by atoms with Crippen LogP contribution in [0.25, 0.3) is 0 Å².